The summed E-state index contributed by atoms with van der Waals surface area (Å²) in [5.41, 5.74) is 8.50. The van der Waals surface area contributed by atoms with Gasteiger partial charge >= 0.3 is 0 Å². The van der Waals surface area contributed by atoms with Crippen molar-refractivity contribution in [2.24, 2.45) is 5.73 Å². The Labute approximate surface area is 167 Å². The van der Waals surface area contributed by atoms with Crippen molar-refractivity contribution >= 4 is 11.6 Å². The van der Waals surface area contributed by atoms with Crippen LogP contribution >= 0.6 is 11.6 Å². The number of aryl methyl sites for hydroxylation is 1. The molecule has 0 amide bonds. The Balaban J connectivity index is 0.000000706. The zero-order valence-electron chi connectivity index (χ0n) is 15.4. The lowest BCUT2D eigenvalue weighted by Gasteiger charge is -2.21. The van der Waals surface area contributed by atoms with Crippen molar-refractivity contribution in [1.82, 2.24) is 10.2 Å². The molecular weight excluding hydrogens is 380 g/mol. The summed E-state index contributed by atoms with van der Waals surface area (Å²) in [7, 11) is 0. The summed E-state index contributed by atoms with van der Waals surface area (Å²) in [5.74, 6) is 1.09. The van der Waals surface area contributed by atoms with E-state index in [4.69, 9.17) is 31.6 Å². The third kappa shape index (κ3) is 3.48. The van der Waals surface area contributed by atoms with Crippen molar-refractivity contribution in [1.29, 1.82) is 5.26 Å². The number of H-pyrrole nitrogens is 1. The highest BCUT2D eigenvalue weighted by molar-refractivity contribution is 6.33. The first kappa shape index (κ1) is 19.5. The zero-order valence-corrected chi connectivity index (χ0v) is 16.1. The molecule has 0 radical (unpaired) electrons. The summed E-state index contributed by atoms with van der Waals surface area (Å²) < 4.78 is 11.5. The number of nitriles is 1. The van der Waals surface area contributed by atoms with Crippen LogP contribution in [0.2, 0.25) is 5.02 Å². The number of furan rings is 1. The van der Waals surface area contributed by atoms with Crippen LogP contribution in [0.15, 0.2) is 52.3 Å². The molecule has 0 spiro atoms. The number of rotatable bonds is 2. The smallest absolute Gasteiger partial charge is 0.244 e. The number of aliphatic hydroxyl groups is 1. The molecule has 1 aliphatic rings. The van der Waals surface area contributed by atoms with E-state index < -0.39 is 5.92 Å². The number of hydrogen-bond acceptors (Lipinski definition) is 6. The SMILES string of the molecule is CCO.Cc1[nH]nc2c1C(c1ccc(-c3ccccc3Cl)o1)C(C#N)=C(N)O2. The fourth-order valence-corrected chi connectivity index (χ4v) is 3.23. The number of aromatic nitrogens is 2. The third-order valence-corrected chi connectivity index (χ3v) is 4.51. The first-order valence-corrected chi connectivity index (χ1v) is 8.97. The van der Waals surface area contributed by atoms with Crippen molar-refractivity contribution in [2.45, 2.75) is 19.8 Å². The van der Waals surface area contributed by atoms with Gasteiger partial charge < -0.3 is 20.0 Å². The molecule has 1 aromatic carbocycles. The van der Waals surface area contributed by atoms with Gasteiger partial charge in [-0.05, 0) is 38.1 Å². The van der Waals surface area contributed by atoms with E-state index in [9.17, 15) is 5.26 Å². The van der Waals surface area contributed by atoms with E-state index in [2.05, 4.69) is 16.3 Å². The molecule has 3 aromatic rings. The number of halogens is 1. The zero-order chi connectivity index (χ0) is 20.3. The van der Waals surface area contributed by atoms with Gasteiger partial charge in [0.15, 0.2) is 0 Å². The van der Waals surface area contributed by atoms with Gasteiger partial charge in [-0.25, -0.2) is 0 Å². The van der Waals surface area contributed by atoms with Crippen LogP contribution in [0.4, 0.5) is 0 Å². The number of fused-ring (bicyclic) bond motifs is 1. The fraction of sp³-hybridized carbons (Fsp3) is 0.200. The number of benzene rings is 1. The Morgan fingerprint density at radius 2 is 2.04 bits per heavy atom. The standard InChI is InChI=1S/C18H13ClN4O2.C2H6O/c1-9-15-16(11(8-20)17(21)25-18(15)23-22-9)14-7-6-13(24-14)10-4-2-3-5-12(10)19;1-2-3/h2-7,16H,21H2,1H3,(H,22,23);3H,2H2,1H3. The van der Waals surface area contributed by atoms with Crippen molar-refractivity contribution in [2.75, 3.05) is 6.61 Å². The Morgan fingerprint density at radius 3 is 2.71 bits per heavy atom. The molecule has 2 aromatic heterocycles. The molecule has 4 N–H and O–H groups in total. The Bertz CT molecular complexity index is 1060. The molecule has 1 unspecified atom stereocenters. The van der Waals surface area contributed by atoms with Crippen molar-refractivity contribution in [3.63, 3.8) is 0 Å². The van der Waals surface area contributed by atoms with Crippen LogP contribution in [-0.2, 0) is 0 Å². The summed E-state index contributed by atoms with van der Waals surface area (Å²) in [4.78, 5) is 0. The molecule has 7 nitrogen and oxygen atoms in total. The van der Waals surface area contributed by atoms with Crippen LogP contribution in [0.3, 0.4) is 0 Å². The molecule has 1 atom stereocenters. The average molecular weight is 399 g/mol. The monoisotopic (exact) mass is 398 g/mol. The van der Waals surface area contributed by atoms with Gasteiger partial charge in [-0.2, -0.15) is 5.26 Å². The number of nitrogens with one attached hydrogen (secondary N) is 1. The summed E-state index contributed by atoms with van der Waals surface area (Å²) in [6.07, 6.45) is 0. The molecule has 3 heterocycles. The quantitative estimate of drug-likeness (QED) is 0.602. The first-order valence-electron chi connectivity index (χ1n) is 8.59. The summed E-state index contributed by atoms with van der Waals surface area (Å²) in [6.45, 7) is 3.79. The van der Waals surface area contributed by atoms with E-state index in [0.29, 0.717) is 22.4 Å². The van der Waals surface area contributed by atoms with Crippen LogP contribution in [0.25, 0.3) is 11.3 Å². The molecule has 28 heavy (non-hydrogen) atoms. The average Bonchev–Trinajstić information content (AvgIpc) is 3.29. The van der Waals surface area contributed by atoms with Gasteiger partial charge in [0.1, 0.15) is 23.2 Å². The maximum absolute atomic E-state index is 9.55. The lowest BCUT2D eigenvalue weighted by Crippen LogP contribution is -2.20. The van der Waals surface area contributed by atoms with Gasteiger partial charge in [0, 0.05) is 17.9 Å². The molecule has 0 saturated heterocycles. The third-order valence-electron chi connectivity index (χ3n) is 4.18. The van der Waals surface area contributed by atoms with Crippen molar-refractivity contribution in [3.8, 4) is 23.3 Å². The second-order valence-corrected chi connectivity index (χ2v) is 6.40. The molecule has 4 rings (SSSR count). The molecule has 0 fully saturated rings. The Kier molecular flexibility index (Phi) is 5.73. The van der Waals surface area contributed by atoms with Gasteiger partial charge in [-0.3, -0.25) is 5.10 Å². The van der Waals surface area contributed by atoms with E-state index in [1.54, 1.807) is 13.0 Å². The minimum absolute atomic E-state index is 0.0298. The van der Waals surface area contributed by atoms with Crippen molar-refractivity contribution in [3.05, 3.63) is 69.9 Å². The molecular formula is C20H19ClN4O3. The van der Waals surface area contributed by atoms with Crippen LogP contribution in [-0.4, -0.2) is 21.9 Å². The minimum atomic E-state index is -0.483. The number of aromatic amines is 1. The second kappa shape index (κ2) is 8.21. The molecule has 1 aliphatic heterocycles. The van der Waals surface area contributed by atoms with Crippen molar-refractivity contribution < 1.29 is 14.3 Å². The van der Waals surface area contributed by atoms with Crippen LogP contribution in [0, 0.1) is 18.3 Å². The van der Waals surface area contributed by atoms with Crippen LogP contribution in [0.1, 0.15) is 29.9 Å². The number of nitrogens with zero attached hydrogens (tertiary/aromatic N) is 2. The van der Waals surface area contributed by atoms with E-state index in [0.717, 1.165) is 16.8 Å². The Morgan fingerprint density at radius 1 is 1.32 bits per heavy atom. The van der Waals surface area contributed by atoms with Crippen LogP contribution < -0.4 is 10.5 Å². The van der Waals surface area contributed by atoms with Crippen LogP contribution in [0.5, 0.6) is 5.88 Å². The van der Waals surface area contributed by atoms with Gasteiger partial charge in [0.05, 0.1) is 16.5 Å². The number of allylic oxidation sites excluding steroid dienone is 1. The minimum Gasteiger partial charge on any atom is -0.460 e. The number of nitrogens with two attached hydrogens (primary N) is 1. The van der Waals surface area contributed by atoms with E-state index in [-0.39, 0.29) is 18.1 Å². The van der Waals surface area contributed by atoms with Gasteiger partial charge in [-0.15, -0.1) is 5.10 Å². The van der Waals surface area contributed by atoms with E-state index in [1.165, 1.54) is 0 Å². The molecule has 8 heteroatoms. The second-order valence-electron chi connectivity index (χ2n) is 5.99. The number of ether oxygens (including phenoxy) is 1. The molecule has 144 valence electrons. The summed E-state index contributed by atoms with van der Waals surface area (Å²) in [6, 6.07) is 13.2. The predicted octanol–water partition coefficient (Wildman–Crippen LogP) is 3.85. The fourth-order valence-electron chi connectivity index (χ4n) is 3.00. The summed E-state index contributed by atoms with van der Waals surface area (Å²) in [5, 5.41) is 24.7. The molecule has 0 aliphatic carbocycles. The van der Waals surface area contributed by atoms with E-state index in [1.807, 2.05) is 37.3 Å². The topological polar surface area (TPSA) is 121 Å². The van der Waals surface area contributed by atoms with Gasteiger partial charge in [0.25, 0.3) is 0 Å². The lowest BCUT2D eigenvalue weighted by molar-refractivity contribution is 0.318. The maximum Gasteiger partial charge on any atom is 0.244 e. The highest BCUT2D eigenvalue weighted by atomic mass is 35.5. The van der Waals surface area contributed by atoms with E-state index >= 15 is 0 Å². The largest absolute Gasteiger partial charge is 0.460 e. The molecule has 0 bridgehead atoms. The summed E-state index contributed by atoms with van der Waals surface area (Å²) >= 11 is 6.25. The lowest BCUT2D eigenvalue weighted by atomic mass is 9.88. The van der Waals surface area contributed by atoms with Gasteiger partial charge in [0.2, 0.25) is 11.8 Å². The number of aliphatic hydroxyl groups excluding tert-OH is 1. The normalized spacial score (nSPS) is 15.2. The Hall–Kier alpha value is -3.21. The number of hydrogen-bond donors (Lipinski definition) is 3. The van der Waals surface area contributed by atoms with Gasteiger partial charge in [-0.1, -0.05) is 23.7 Å². The highest BCUT2D eigenvalue weighted by Crippen LogP contribution is 2.44. The predicted molar refractivity (Wildman–Crippen MR) is 105 cm³/mol. The maximum atomic E-state index is 9.55. The highest BCUT2D eigenvalue weighted by Gasteiger charge is 2.36. The first-order chi connectivity index (χ1) is 13.5. The molecule has 0 saturated carbocycles.